The lowest BCUT2D eigenvalue weighted by Crippen LogP contribution is -2.31. The minimum Gasteiger partial charge on any atom is -0.396 e. The quantitative estimate of drug-likeness (QED) is 0.743. The van der Waals surface area contributed by atoms with Crippen molar-refractivity contribution in [3.63, 3.8) is 0 Å². The molecule has 0 amide bonds. The summed E-state index contributed by atoms with van der Waals surface area (Å²) in [6.07, 6.45) is 5.45. The van der Waals surface area contributed by atoms with E-state index in [1.165, 1.54) is 12.8 Å². The van der Waals surface area contributed by atoms with Crippen LogP contribution in [0.2, 0.25) is 0 Å². The van der Waals surface area contributed by atoms with E-state index in [1.54, 1.807) is 4.68 Å². The Morgan fingerprint density at radius 3 is 2.61 bits per heavy atom. The van der Waals surface area contributed by atoms with Gasteiger partial charge in [-0.15, -0.1) is 0 Å². The van der Waals surface area contributed by atoms with Gasteiger partial charge in [0.05, 0.1) is 18.0 Å². The van der Waals surface area contributed by atoms with Gasteiger partial charge in [-0.25, -0.2) is 0 Å². The molecule has 0 aliphatic heterocycles. The Balaban J connectivity index is 2.08. The number of aliphatic hydroxyl groups is 1. The molecule has 1 heterocycles. The van der Waals surface area contributed by atoms with E-state index in [0.717, 1.165) is 43.0 Å². The predicted octanol–water partition coefficient (Wildman–Crippen LogP) is 1.53. The Kier molecular flexibility index (Phi) is 3.80. The number of aryl methyl sites for hydroxylation is 2. The summed E-state index contributed by atoms with van der Waals surface area (Å²) in [4.78, 5) is 0. The number of nitrogen functional groups attached to an aromatic ring is 1. The summed E-state index contributed by atoms with van der Waals surface area (Å²) in [5.74, 6) is 0.881. The van der Waals surface area contributed by atoms with E-state index in [4.69, 9.17) is 5.73 Å². The zero-order chi connectivity index (χ0) is 13.2. The molecule has 1 aromatic rings. The second kappa shape index (κ2) is 5.18. The standard InChI is InChI=1S/C13H24N4O/c1-3-10-11(14)12(17(2)16-10)15-8-13(9-18)6-4-5-7-13/h15,18H,3-9,14H2,1-2H3. The first-order valence-corrected chi connectivity index (χ1v) is 6.78. The number of nitrogens with two attached hydrogens (primary N) is 1. The molecular weight excluding hydrogens is 228 g/mol. The van der Waals surface area contributed by atoms with E-state index in [0.29, 0.717) is 0 Å². The summed E-state index contributed by atoms with van der Waals surface area (Å²) in [6, 6.07) is 0. The van der Waals surface area contributed by atoms with Crippen molar-refractivity contribution in [1.82, 2.24) is 9.78 Å². The minimum atomic E-state index is 0.0308. The van der Waals surface area contributed by atoms with Gasteiger partial charge >= 0.3 is 0 Å². The fourth-order valence-corrected chi connectivity index (χ4v) is 2.85. The van der Waals surface area contributed by atoms with Crippen LogP contribution in [0.25, 0.3) is 0 Å². The van der Waals surface area contributed by atoms with E-state index in [9.17, 15) is 5.11 Å². The summed E-state index contributed by atoms with van der Waals surface area (Å²) in [5.41, 5.74) is 7.78. The number of rotatable bonds is 5. The summed E-state index contributed by atoms with van der Waals surface area (Å²) < 4.78 is 1.80. The molecule has 1 aliphatic carbocycles. The monoisotopic (exact) mass is 252 g/mol. The third-order valence-electron chi connectivity index (χ3n) is 4.13. The van der Waals surface area contributed by atoms with Crippen LogP contribution in [0.15, 0.2) is 0 Å². The van der Waals surface area contributed by atoms with Crippen LogP contribution in [0.3, 0.4) is 0 Å². The maximum absolute atomic E-state index is 9.59. The van der Waals surface area contributed by atoms with Gasteiger partial charge < -0.3 is 16.2 Å². The van der Waals surface area contributed by atoms with Crippen molar-refractivity contribution in [3.05, 3.63) is 5.69 Å². The van der Waals surface area contributed by atoms with E-state index < -0.39 is 0 Å². The first kappa shape index (κ1) is 13.2. The van der Waals surface area contributed by atoms with Crippen LogP contribution < -0.4 is 11.1 Å². The van der Waals surface area contributed by atoms with Gasteiger partial charge in [0.15, 0.2) is 0 Å². The van der Waals surface area contributed by atoms with Gasteiger partial charge in [0, 0.05) is 19.0 Å². The fraction of sp³-hybridized carbons (Fsp3) is 0.769. The number of hydrogen-bond acceptors (Lipinski definition) is 4. The second-order valence-corrected chi connectivity index (χ2v) is 5.40. The molecule has 1 aromatic heterocycles. The van der Waals surface area contributed by atoms with Crippen molar-refractivity contribution >= 4 is 11.5 Å². The highest BCUT2D eigenvalue weighted by atomic mass is 16.3. The van der Waals surface area contributed by atoms with Crippen molar-refractivity contribution in [2.75, 3.05) is 24.2 Å². The summed E-state index contributed by atoms with van der Waals surface area (Å²) >= 11 is 0. The summed E-state index contributed by atoms with van der Waals surface area (Å²) in [6.45, 7) is 3.07. The fourth-order valence-electron chi connectivity index (χ4n) is 2.85. The van der Waals surface area contributed by atoms with Gasteiger partial charge in [-0.3, -0.25) is 4.68 Å². The van der Waals surface area contributed by atoms with Gasteiger partial charge in [0.2, 0.25) is 0 Å². The Hall–Kier alpha value is -1.23. The minimum absolute atomic E-state index is 0.0308. The van der Waals surface area contributed by atoms with Crippen molar-refractivity contribution in [3.8, 4) is 0 Å². The van der Waals surface area contributed by atoms with Crippen LogP contribution in [-0.4, -0.2) is 28.0 Å². The highest BCUT2D eigenvalue weighted by Crippen LogP contribution is 2.38. The largest absolute Gasteiger partial charge is 0.396 e. The number of nitrogens with zero attached hydrogens (tertiary/aromatic N) is 2. The van der Waals surface area contributed by atoms with Crippen molar-refractivity contribution < 1.29 is 5.11 Å². The second-order valence-electron chi connectivity index (χ2n) is 5.40. The lowest BCUT2D eigenvalue weighted by molar-refractivity contribution is 0.142. The van der Waals surface area contributed by atoms with Crippen molar-refractivity contribution in [2.24, 2.45) is 12.5 Å². The molecule has 18 heavy (non-hydrogen) atoms. The van der Waals surface area contributed by atoms with E-state index in [2.05, 4.69) is 17.3 Å². The summed E-state index contributed by atoms with van der Waals surface area (Å²) in [5, 5.41) is 17.4. The van der Waals surface area contributed by atoms with Crippen LogP contribution in [-0.2, 0) is 13.5 Å². The molecule has 0 saturated heterocycles. The number of anilines is 2. The average Bonchev–Trinajstić information content (AvgIpc) is 2.94. The Bertz CT molecular complexity index is 407. The van der Waals surface area contributed by atoms with E-state index >= 15 is 0 Å². The first-order valence-electron chi connectivity index (χ1n) is 6.78. The van der Waals surface area contributed by atoms with E-state index in [-0.39, 0.29) is 12.0 Å². The number of nitrogens with one attached hydrogen (secondary N) is 1. The number of hydrogen-bond donors (Lipinski definition) is 3. The van der Waals surface area contributed by atoms with Crippen molar-refractivity contribution in [2.45, 2.75) is 39.0 Å². The van der Waals surface area contributed by atoms with Gasteiger partial charge in [-0.05, 0) is 19.3 Å². The highest BCUT2D eigenvalue weighted by molar-refractivity contribution is 5.65. The third-order valence-corrected chi connectivity index (χ3v) is 4.13. The Morgan fingerprint density at radius 1 is 1.44 bits per heavy atom. The van der Waals surface area contributed by atoms with Gasteiger partial charge in [0.25, 0.3) is 0 Å². The summed E-state index contributed by atoms with van der Waals surface area (Å²) in [7, 11) is 1.90. The molecule has 1 aliphatic rings. The highest BCUT2D eigenvalue weighted by Gasteiger charge is 2.33. The topological polar surface area (TPSA) is 76.1 Å². The molecular formula is C13H24N4O. The molecule has 1 fully saturated rings. The Labute approximate surface area is 108 Å². The molecule has 0 spiro atoms. The predicted molar refractivity (Wildman–Crippen MR) is 73.5 cm³/mol. The third kappa shape index (κ3) is 2.32. The smallest absolute Gasteiger partial charge is 0.147 e. The zero-order valence-electron chi connectivity index (χ0n) is 11.4. The molecule has 0 aromatic carbocycles. The van der Waals surface area contributed by atoms with Gasteiger partial charge in [-0.2, -0.15) is 5.10 Å². The first-order chi connectivity index (χ1) is 8.62. The molecule has 0 unspecified atom stereocenters. The normalized spacial score (nSPS) is 18.2. The van der Waals surface area contributed by atoms with Crippen LogP contribution in [0.1, 0.15) is 38.3 Å². The van der Waals surface area contributed by atoms with Crippen LogP contribution in [0.4, 0.5) is 11.5 Å². The van der Waals surface area contributed by atoms with Crippen LogP contribution in [0, 0.1) is 5.41 Å². The lowest BCUT2D eigenvalue weighted by atomic mass is 9.87. The zero-order valence-corrected chi connectivity index (χ0v) is 11.4. The van der Waals surface area contributed by atoms with Gasteiger partial charge in [-0.1, -0.05) is 19.8 Å². The molecule has 4 N–H and O–H groups in total. The maximum Gasteiger partial charge on any atom is 0.147 e. The molecule has 0 bridgehead atoms. The van der Waals surface area contributed by atoms with Crippen LogP contribution in [0.5, 0.6) is 0 Å². The molecule has 2 rings (SSSR count). The maximum atomic E-state index is 9.59. The molecule has 1 saturated carbocycles. The SMILES string of the molecule is CCc1nn(C)c(NCC2(CO)CCCC2)c1N. The average molecular weight is 252 g/mol. The number of aliphatic hydroxyl groups excluding tert-OH is 1. The van der Waals surface area contributed by atoms with Crippen LogP contribution >= 0.6 is 0 Å². The number of aromatic nitrogens is 2. The molecule has 5 heteroatoms. The molecule has 0 atom stereocenters. The van der Waals surface area contributed by atoms with E-state index in [1.807, 2.05) is 7.05 Å². The molecule has 0 radical (unpaired) electrons. The van der Waals surface area contributed by atoms with Crippen molar-refractivity contribution in [1.29, 1.82) is 0 Å². The lowest BCUT2D eigenvalue weighted by Gasteiger charge is -2.27. The molecule has 102 valence electrons. The Morgan fingerprint density at radius 2 is 2.11 bits per heavy atom. The van der Waals surface area contributed by atoms with Gasteiger partial charge in [0.1, 0.15) is 5.82 Å². The molecule has 5 nitrogen and oxygen atoms in total.